The Labute approximate surface area is 281 Å². The molecule has 1 amide bonds. The predicted octanol–water partition coefficient (Wildman–Crippen LogP) is 4.92. The number of rotatable bonds is 7. The Hall–Kier alpha value is -3.66. The lowest BCUT2D eigenvalue weighted by molar-refractivity contribution is -0.138. The van der Waals surface area contributed by atoms with Crippen molar-refractivity contribution >= 4 is 87.7 Å². The van der Waals surface area contributed by atoms with Crippen LogP contribution in [0, 0.1) is 0 Å². The molecule has 1 aromatic carbocycles. The molecule has 0 N–H and O–H groups in total. The molecule has 4 heterocycles. The van der Waals surface area contributed by atoms with Crippen LogP contribution in [0.3, 0.4) is 0 Å². The summed E-state index contributed by atoms with van der Waals surface area (Å²) in [6.45, 7) is 3.67. The fourth-order valence-electron chi connectivity index (χ4n) is 5.51. The molecule has 0 saturated heterocycles. The standard InChI is InChI=1S/C31H29NO10S4/c1-30(2)25-20(17-13-15(38-3)10-11-18(17)32(30)19(33)14-16-9-8-12-43-16)31(21(26(34)39-4)22(44-25)27(35)40-5)45-23(28(36)41-6)24(46-31)29(37)42-7/h8-13H,14H2,1-7H3. The van der Waals surface area contributed by atoms with Crippen molar-refractivity contribution in [1.82, 2.24) is 0 Å². The summed E-state index contributed by atoms with van der Waals surface area (Å²) in [5.41, 5.74) is 0.194. The number of esters is 4. The minimum absolute atomic E-state index is 0.113. The second-order valence-electron chi connectivity index (χ2n) is 10.4. The molecule has 0 bridgehead atoms. The van der Waals surface area contributed by atoms with Crippen LogP contribution in [0.15, 0.2) is 60.9 Å². The van der Waals surface area contributed by atoms with Gasteiger partial charge >= 0.3 is 23.9 Å². The number of benzene rings is 1. The van der Waals surface area contributed by atoms with Gasteiger partial charge in [-0.15, -0.1) is 11.3 Å². The number of fused-ring (bicyclic) bond motifs is 3. The van der Waals surface area contributed by atoms with Crippen molar-refractivity contribution < 1.29 is 47.7 Å². The van der Waals surface area contributed by atoms with E-state index in [2.05, 4.69) is 0 Å². The number of hydrogen-bond acceptors (Lipinski definition) is 14. The van der Waals surface area contributed by atoms with Gasteiger partial charge in [0.05, 0.1) is 58.8 Å². The average Bonchev–Trinajstić information content (AvgIpc) is 3.71. The molecule has 3 aliphatic rings. The summed E-state index contributed by atoms with van der Waals surface area (Å²) in [7, 11) is 6.17. The molecule has 15 heteroatoms. The number of thiophene rings is 1. The van der Waals surface area contributed by atoms with Crippen LogP contribution in [0.4, 0.5) is 5.69 Å². The predicted molar refractivity (Wildman–Crippen MR) is 177 cm³/mol. The molecule has 11 nitrogen and oxygen atoms in total. The molecule has 0 unspecified atom stereocenters. The van der Waals surface area contributed by atoms with Crippen LogP contribution in [-0.4, -0.2) is 75.0 Å². The Bertz CT molecular complexity index is 1730. The molecule has 0 saturated carbocycles. The van der Waals surface area contributed by atoms with Crippen molar-refractivity contribution in [1.29, 1.82) is 0 Å². The molecule has 0 aliphatic carbocycles. The van der Waals surface area contributed by atoms with Crippen molar-refractivity contribution in [3.05, 3.63) is 71.3 Å². The van der Waals surface area contributed by atoms with Gasteiger partial charge in [-0.05, 0) is 43.5 Å². The Morgan fingerprint density at radius 3 is 1.89 bits per heavy atom. The van der Waals surface area contributed by atoms with Crippen molar-refractivity contribution in [3.63, 3.8) is 0 Å². The van der Waals surface area contributed by atoms with E-state index in [4.69, 9.17) is 23.7 Å². The highest BCUT2D eigenvalue weighted by molar-refractivity contribution is 8.26. The lowest BCUT2D eigenvalue weighted by atomic mass is 9.83. The second-order valence-corrected chi connectivity index (χ2v) is 15.1. The summed E-state index contributed by atoms with van der Waals surface area (Å²) in [5, 5.41) is 1.89. The van der Waals surface area contributed by atoms with E-state index in [1.54, 1.807) is 23.1 Å². The highest BCUT2D eigenvalue weighted by Gasteiger charge is 2.61. The first-order valence-electron chi connectivity index (χ1n) is 13.6. The molecule has 1 spiro atoms. The number of thioether (sulfide) groups is 3. The summed E-state index contributed by atoms with van der Waals surface area (Å²) in [6, 6.07) is 8.95. The fraction of sp³-hybridized carbons (Fsp3) is 0.323. The zero-order valence-corrected chi connectivity index (χ0v) is 29.1. The average molecular weight is 704 g/mol. The highest BCUT2D eigenvalue weighted by Crippen LogP contribution is 2.71. The lowest BCUT2D eigenvalue weighted by Crippen LogP contribution is -2.54. The summed E-state index contributed by atoms with van der Waals surface area (Å²) in [5.74, 6) is -3.17. The summed E-state index contributed by atoms with van der Waals surface area (Å²) < 4.78 is 24.4. The molecule has 3 aliphatic heterocycles. The number of methoxy groups -OCH3 is 5. The Kier molecular flexibility index (Phi) is 9.42. The number of amides is 1. The van der Waals surface area contributed by atoms with Gasteiger partial charge in [-0.2, -0.15) is 0 Å². The smallest absolute Gasteiger partial charge is 0.345 e. The highest BCUT2D eigenvalue weighted by atomic mass is 32.2. The zero-order chi connectivity index (χ0) is 33.6. The van der Waals surface area contributed by atoms with Gasteiger partial charge in [-0.3, -0.25) is 4.79 Å². The van der Waals surface area contributed by atoms with E-state index >= 15 is 0 Å². The van der Waals surface area contributed by atoms with E-state index in [0.717, 1.165) is 40.2 Å². The summed E-state index contributed by atoms with van der Waals surface area (Å²) in [6.07, 6.45) is 0.113. The van der Waals surface area contributed by atoms with E-state index < -0.39 is 33.5 Å². The van der Waals surface area contributed by atoms with Crippen LogP contribution < -0.4 is 9.64 Å². The molecule has 1 aromatic heterocycles. The third kappa shape index (κ3) is 5.32. The second kappa shape index (κ2) is 12.9. The van der Waals surface area contributed by atoms with E-state index in [-0.39, 0.29) is 32.6 Å². The number of carbonyl (C=O) groups is 5. The SMILES string of the molecule is COC(=O)C1=C(C(=O)OC)SC2(S1)C(C(=O)OC)=C(C(=O)OC)SC1=C2c2cc(OC)ccc2N(C(=O)Cc2cccs2)C1(C)C. The minimum atomic E-state index is -1.68. The molecular formula is C31H29NO10S4. The number of hydrogen-bond donors (Lipinski definition) is 0. The van der Waals surface area contributed by atoms with Crippen LogP contribution in [0.1, 0.15) is 24.3 Å². The first-order chi connectivity index (χ1) is 21.9. The Morgan fingerprint density at radius 1 is 0.783 bits per heavy atom. The van der Waals surface area contributed by atoms with Crippen LogP contribution >= 0.6 is 46.6 Å². The molecular weight excluding hydrogens is 675 g/mol. The van der Waals surface area contributed by atoms with Gasteiger partial charge in [0.2, 0.25) is 5.91 Å². The molecule has 0 fully saturated rings. The fourth-order valence-corrected chi connectivity index (χ4v) is 11.3. The van der Waals surface area contributed by atoms with Gasteiger partial charge in [-0.25, -0.2) is 19.2 Å². The first kappa shape index (κ1) is 33.7. The van der Waals surface area contributed by atoms with Crippen LogP contribution in [0.2, 0.25) is 0 Å². The maximum absolute atomic E-state index is 14.2. The maximum atomic E-state index is 14.2. The summed E-state index contributed by atoms with van der Waals surface area (Å²) >= 11 is 4.17. The topological polar surface area (TPSA) is 135 Å². The normalized spacial score (nSPS) is 17.8. The lowest BCUT2D eigenvalue weighted by Gasteiger charge is -2.50. The van der Waals surface area contributed by atoms with Crippen molar-refractivity contribution in [2.75, 3.05) is 40.4 Å². The van der Waals surface area contributed by atoms with Gasteiger partial charge in [0.25, 0.3) is 0 Å². The molecule has 242 valence electrons. The van der Waals surface area contributed by atoms with Crippen LogP contribution in [0.25, 0.3) is 5.57 Å². The van der Waals surface area contributed by atoms with E-state index in [1.165, 1.54) is 46.9 Å². The van der Waals surface area contributed by atoms with Gasteiger partial charge in [0.15, 0.2) is 0 Å². The Balaban J connectivity index is 1.87. The Morgan fingerprint density at radius 2 is 1.37 bits per heavy atom. The maximum Gasteiger partial charge on any atom is 0.345 e. The molecule has 0 atom stereocenters. The van der Waals surface area contributed by atoms with E-state index in [0.29, 0.717) is 27.5 Å². The van der Waals surface area contributed by atoms with Crippen LogP contribution in [0.5, 0.6) is 5.75 Å². The van der Waals surface area contributed by atoms with Gasteiger partial charge in [-0.1, -0.05) is 41.4 Å². The number of carbonyl (C=O) groups excluding carboxylic acids is 5. The third-order valence-corrected chi connectivity index (χ3v) is 13.0. The quantitative estimate of drug-likeness (QED) is 0.286. The molecule has 0 radical (unpaired) electrons. The van der Waals surface area contributed by atoms with E-state index in [1.807, 2.05) is 31.4 Å². The number of anilines is 1. The number of ether oxygens (including phenoxy) is 5. The molecule has 2 aromatic rings. The van der Waals surface area contributed by atoms with Gasteiger partial charge < -0.3 is 28.6 Å². The molecule has 46 heavy (non-hydrogen) atoms. The minimum Gasteiger partial charge on any atom is -0.497 e. The molecule has 5 rings (SSSR count). The van der Waals surface area contributed by atoms with Gasteiger partial charge in [0.1, 0.15) is 24.5 Å². The largest absolute Gasteiger partial charge is 0.497 e. The summed E-state index contributed by atoms with van der Waals surface area (Å²) in [4.78, 5) is 70.5. The van der Waals surface area contributed by atoms with Crippen molar-refractivity contribution in [2.45, 2.75) is 29.9 Å². The first-order valence-corrected chi connectivity index (χ1v) is 16.9. The van der Waals surface area contributed by atoms with Crippen molar-refractivity contribution in [2.24, 2.45) is 0 Å². The van der Waals surface area contributed by atoms with E-state index in [9.17, 15) is 24.0 Å². The monoisotopic (exact) mass is 703 g/mol. The zero-order valence-electron chi connectivity index (χ0n) is 25.8. The van der Waals surface area contributed by atoms with Crippen LogP contribution in [-0.2, 0) is 49.3 Å². The number of nitrogens with zero attached hydrogens (tertiary/aromatic N) is 1. The van der Waals surface area contributed by atoms with Crippen molar-refractivity contribution in [3.8, 4) is 5.75 Å². The third-order valence-electron chi connectivity index (χ3n) is 7.50. The van der Waals surface area contributed by atoms with Gasteiger partial charge in [0, 0.05) is 20.9 Å².